The van der Waals surface area contributed by atoms with Crippen molar-refractivity contribution in [2.24, 2.45) is 0 Å². The van der Waals surface area contributed by atoms with Gasteiger partial charge in [-0.1, -0.05) is 36.4 Å². The van der Waals surface area contributed by atoms with Gasteiger partial charge in [0.1, 0.15) is 0 Å². The molecule has 1 heterocycles. The predicted octanol–water partition coefficient (Wildman–Crippen LogP) is 3.55. The second kappa shape index (κ2) is 6.64. The molecule has 0 bridgehead atoms. The third kappa shape index (κ3) is 3.65. The second-order valence-corrected chi connectivity index (χ2v) is 5.18. The van der Waals surface area contributed by atoms with Crippen LogP contribution in [0.3, 0.4) is 0 Å². The largest absolute Gasteiger partial charge is 0.387 e. The average molecular weight is 270 g/mol. The van der Waals surface area contributed by atoms with Gasteiger partial charge in [0.15, 0.2) is 0 Å². The maximum atomic E-state index is 9.61. The van der Waals surface area contributed by atoms with Crippen molar-refractivity contribution in [3.8, 4) is 0 Å². The lowest BCUT2D eigenvalue weighted by atomic mass is 10.1. The van der Waals surface area contributed by atoms with E-state index in [1.54, 1.807) is 6.92 Å². The summed E-state index contributed by atoms with van der Waals surface area (Å²) in [5.41, 5.74) is 2.92. The molecule has 2 N–H and O–H groups in total. The molecule has 0 aliphatic heterocycles. The first-order valence-corrected chi connectivity index (χ1v) is 7.04. The molecule has 0 fully saturated rings. The van der Waals surface area contributed by atoms with E-state index in [2.05, 4.69) is 36.3 Å². The minimum absolute atomic E-state index is 0.129. The Hall–Kier alpha value is -1.71. The summed E-state index contributed by atoms with van der Waals surface area (Å²) in [5.74, 6) is 0. The van der Waals surface area contributed by atoms with E-state index in [4.69, 9.17) is 0 Å². The fourth-order valence-corrected chi connectivity index (χ4v) is 2.24. The summed E-state index contributed by atoms with van der Waals surface area (Å²) in [7, 11) is 0. The van der Waals surface area contributed by atoms with Crippen molar-refractivity contribution < 1.29 is 5.11 Å². The zero-order chi connectivity index (χ0) is 14.5. The molecule has 106 valence electrons. The predicted molar refractivity (Wildman–Crippen MR) is 81.3 cm³/mol. The zero-order valence-corrected chi connectivity index (χ0v) is 12.2. The van der Waals surface area contributed by atoms with Crippen LogP contribution < -0.4 is 5.32 Å². The summed E-state index contributed by atoms with van der Waals surface area (Å²) in [6.07, 6.45) is -0.534. The quantitative estimate of drug-likeness (QED) is 0.873. The Balaban J connectivity index is 2.08. The first kappa shape index (κ1) is 14.7. The van der Waals surface area contributed by atoms with E-state index in [1.165, 1.54) is 5.56 Å². The SMILES string of the molecule is C[C@H](N[C@H](C)c1ccccc1)c1cccc([C@@H](C)O)n1. The van der Waals surface area contributed by atoms with E-state index < -0.39 is 6.10 Å². The van der Waals surface area contributed by atoms with Crippen LogP contribution in [0, 0.1) is 0 Å². The molecule has 0 spiro atoms. The molecule has 0 saturated heterocycles. The highest BCUT2D eigenvalue weighted by molar-refractivity contribution is 5.20. The minimum atomic E-state index is -0.534. The van der Waals surface area contributed by atoms with Crippen molar-refractivity contribution in [2.45, 2.75) is 39.0 Å². The summed E-state index contributed by atoms with van der Waals surface area (Å²) < 4.78 is 0. The van der Waals surface area contributed by atoms with Gasteiger partial charge in [0, 0.05) is 12.1 Å². The van der Waals surface area contributed by atoms with Crippen LogP contribution in [0.2, 0.25) is 0 Å². The molecule has 0 saturated carbocycles. The number of hydrogen-bond donors (Lipinski definition) is 2. The Morgan fingerprint density at radius 1 is 0.850 bits per heavy atom. The Kier molecular flexibility index (Phi) is 4.88. The number of aliphatic hydroxyl groups excluding tert-OH is 1. The van der Waals surface area contributed by atoms with Gasteiger partial charge in [0.25, 0.3) is 0 Å². The van der Waals surface area contributed by atoms with Gasteiger partial charge in [-0.2, -0.15) is 0 Å². The normalized spacial score (nSPS) is 15.6. The lowest BCUT2D eigenvalue weighted by Gasteiger charge is -2.20. The van der Waals surface area contributed by atoms with Crippen LogP contribution >= 0.6 is 0 Å². The highest BCUT2D eigenvalue weighted by atomic mass is 16.3. The van der Waals surface area contributed by atoms with Crippen molar-refractivity contribution >= 4 is 0 Å². The molecular formula is C17H22N2O. The monoisotopic (exact) mass is 270 g/mol. The van der Waals surface area contributed by atoms with Crippen LogP contribution in [0.25, 0.3) is 0 Å². The van der Waals surface area contributed by atoms with Crippen molar-refractivity contribution in [1.82, 2.24) is 10.3 Å². The lowest BCUT2D eigenvalue weighted by Crippen LogP contribution is -2.23. The molecule has 0 aliphatic carbocycles. The number of rotatable bonds is 5. The molecule has 1 aromatic heterocycles. The molecule has 0 radical (unpaired) electrons. The van der Waals surface area contributed by atoms with Crippen LogP contribution in [0.15, 0.2) is 48.5 Å². The molecule has 2 rings (SSSR count). The molecule has 20 heavy (non-hydrogen) atoms. The van der Waals surface area contributed by atoms with Crippen LogP contribution in [0.4, 0.5) is 0 Å². The van der Waals surface area contributed by atoms with Gasteiger partial charge in [-0.25, -0.2) is 0 Å². The number of nitrogens with zero attached hydrogens (tertiary/aromatic N) is 1. The maximum Gasteiger partial charge on any atom is 0.0931 e. The smallest absolute Gasteiger partial charge is 0.0931 e. The fourth-order valence-electron chi connectivity index (χ4n) is 2.24. The van der Waals surface area contributed by atoms with Gasteiger partial charge in [-0.3, -0.25) is 4.98 Å². The Morgan fingerprint density at radius 2 is 1.50 bits per heavy atom. The molecule has 0 unspecified atom stereocenters. The minimum Gasteiger partial charge on any atom is -0.387 e. The van der Waals surface area contributed by atoms with E-state index in [9.17, 15) is 5.11 Å². The van der Waals surface area contributed by atoms with E-state index in [0.717, 1.165) is 5.69 Å². The zero-order valence-electron chi connectivity index (χ0n) is 12.2. The fraction of sp³-hybridized carbons (Fsp3) is 0.353. The molecule has 3 nitrogen and oxygen atoms in total. The van der Waals surface area contributed by atoms with Gasteiger partial charge < -0.3 is 10.4 Å². The van der Waals surface area contributed by atoms with Crippen molar-refractivity contribution in [2.75, 3.05) is 0 Å². The second-order valence-electron chi connectivity index (χ2n) is 5.18. The third-order valence-electron chi connectivity index (χ3n) is 3.46. The van der Waals surface area contributed by atoms with E-state index in [1.807, 2.05) is 36.4 Å². The number of benzene rings is 1. The number of pyridine rings is 1. The highest BCUT2D eigenvalue weighted by Crippen LogP contribution is 2.19. The van der Waals surface area contributed by atoms with Gasteiger partial charge in [-0.05, 0) is 38.5 Å². The number of aromatic nitrogens is 1. The van der Waals surface area contributed by atoms with Gasteiger partial charge in [0.2, 0.25) is 0 Å². The summed E-state index contributed by atoms with van der Waals surface area (Å²) in [6.45, 7) is 5.97. The Bertz CT molecular complexity index is 540. The third-order valence-corrected chi connectivity index (χ3v) is 3.46. The number of aliphatic hydroxyl groups is 1. The molecule has 0 amide bonds. The van der Waals surface area contributed by atoms with Gasteiger partial charge in [0.05, 0.1) is 17.5 Å². The van der Waals surface area contributed by atoms with Crippen molar-refractivity contribution in [3.05, 3.63) is 65.5 Å². The molecule has 2 aromatic rings. The van der Waals surface area contributed by atoms with Crippen LogP contribution in [0.5, 0.6) is 0 Å². The molecule has 3 atom stereocenters. The van der Waals surface area contributed by atoms with E-state index >= 15 is 0 Å². The summed E-state index contributed by atoms with van der Waals surface area (Å²) in [5, 5.41) is 13.1. The van der Waals surface area contributed by atoms with Crippen molar-refractivity contribution in [1.29, 1.82) is 0 Å². The van der Waals surface area contributed by atoms with Gasteiger partial charge in [-0.15, -0.1) is 0 Å². The first-order chi connectivity index (χ1) is 9.58. The number of nitrogens with one attached hydrogen (secondary N) is 1. The standard InChI is InChI=1S/C17H22N2O/c1-12(15-8-5-4-6-9-15)18-13(2)16-10-7-11-17(19-16)14(3)20/h4-14,18,20H,1-3H3/t12-,13+,14-/m1/s1. The molecular weight excluding hydrogens is 248 g/mol. The summed E-state index contributed by atoms with van der Waals surface area (Å²) in [6, 6.07) is 16.5. The number of hydrogen-bond acceptors (Lipinski definition) is 3. The van der Waals surface area contributed by atoms with Crippen LogP contribution in [0.1, 0.15) is 55.9 Å². The van der Waals surface area contributed by atoms with Crippen LogP contribution in [-0.2, 0) is 0 Å². The average Bonchev–Trinajstić information content (AvgIpc) is 2.48. The van der Waals surface area contributed by atoms with E-state index in [-0.39, 0.29) is 12.1 Å². The molecule has 1 aromatic carbocycles. The highest BCUT2D eigenvalue weighted by Gasteiger charge is 2.13. The topological polar surface area (TPSA) is 45.1 Å². The summed E-state index contributed by atoms with van der Waals surface area (Å²) >= 11 is 0. The Labute approximate surface area is 120 Å². The lowest BCUT2D eigenvalue weighted by molar-refractivity contribution is 0.194. The molecule has 0 aliphatic rings. The molecule has 3 heteroatoms. The maximum absolute atomic E-state index is 9.61. The Morgan fingerprint density at radius 3 is 2.15 bits per heavy atom. The van der Waals surface area contributed by atoms with Crippen molar-refractivity contribution in [3.63, 3.8) is 0 Å². The van der Waals surface area contributed by atoms with E-state index in [0.29, 0.717) is 5.69 Å². The van der Waals surface area contributed by atoms with Crippen LogP contribution in [-0.4, -0.2) is 10.1 Å². The first-order valence-electron chi connectivity index (χ1n) is 7.04. The summed E-state index contributed by atoms with van der Waals surface area (Å²) in [4.78, 5) is 4.51. The van der Waals surface area contributed by atoms with Gasteiger partial charge >= 0.3 is 0 Å².